The molecule has 0 radical (unpaired) electrons. The molecule has 140 valence electrons. The normalized spacial score (nSPS) is 10.9. The highest BCUT2D eigenvalue weighted by Crippen LogP contribution is 2.17. The molecule has 0 atom stereocenters. The van der Waals surface area contributed by atoms with Gasteiger partial charge in [-0.15, -0.1) is 0 Å². The number of ether oxygens (including phenoxy) is 1. The van der Waals surface area contributed by atoms with Gasteiger partial charge < -0.3 is 10.1 Å². The number of hydrogen-bond donors (Lipinski definition) is 1. The molecule has 2 rings (SSSR count). The summed E-state index contributed by atoms with van der Waals surface area (Å²) in [6.07, 6.45) is 3.50. The van der Waals surface area contributed by atoms with Gasteiger partial charge >= 0.3 is 0 Å². The maximum Gasteiger partial charge on any atom is 0.266 e. The molecular formula is C23H26N2O2. The van der Waals surface area contributed by atoms with Gasteiger partial charge in [-0.25, -0.2) is 0 Å². The van der Waals surface area contributed by atoms with Crippen molar-refractivity contribution in [1.82, 2.24) is 0 Å². The van der Waals surface area contributed by atoms with Crippen LogP contribution in [-0.4, -0.2) is 12.5 Å². The van der Waals surface area contributed by atoms with Crippen LogP contribution in [-0.2, 0) is 4.79 Å². The summed E-state index contributed by atoms with van der Waals surface area (Å²) >= 11 is 0. The second-order valence-corrected chi connectivity index (χ2v) is 5.38. The first kappa shape index (κ1) is 21.7. The van der Waals surface area contributed by atoms with Crippen molar-refractivity contribution in [2.24, 2.45) is 0 Å². The van der Waals surface area contributed by atoms with Crippen LogP contribution >= 0.6 is 0 Å². The highest BCUT2D eigenvalue weighted by molar-refractivity contribution is 6.07. The number of anilines is 1. The maximum atomic E-state index is 12.3. The molecule has 4 nitrogen and oxygen atoms in total. The van der Waals surface area contributed by atoms with E-state index in [1.54, 1.807) is 30.3 Å². The van der Waals surface area contributed by atoms with Gasteiger partial charge in [0, 0.05) is 5.69 Å². The van der Waals surface area contributed by atoms with Crippen molar-refractivity contribution in [3.05, 3.63) is 77.4 Å². The van der Waals surface area contributed by atoms with E-state index >= 15 is 0 Å². The Balaban J connectivity index is 0.00000176. The smallest absolute Gasteiger partial charge is 0.266 e. The van der Waals surface area contributed by atoms with E-state index < -0.39 is 5.91 Å². The number of carbonyl (C=O) groups is 1. The van der Waals surface area contributed by atoms with Crippen molar-refractivity contribution in [1.29, 1.82) is 5.26 Å². The van der Waals surface area contributed by atoms with Crippen molar-refractivity contribution < 1.29 is 9.53 Å². The summed E-state index contributed by atoms with van der Waals surface area (Å²) in [4.78, 5) is 12.3. The molecule has 0 aliphatic heterocycles. The summed E-state index contributed by atoms with van der Waals surface area (Å²) in [5.41, 5.74) is 2.50. The number of nitrogens with zero attached hydrogens (tertiary/aromatic N) is 1. The zero-order valence-corrected chi connectivity index (χ0v) is 16.3. The van der Waals surface area contributed by atoms with E-state index in [9.17, 15) is 10.1 Å². The van der Waals surface area contributed by atoms with Crippen molar-refractivity contribution >= 4 is 17.7 Å². The summed E-state index contributed by atoms with van der Waals surface area (Å²) in [6, 6.07) is 18.7. The van der Waals surface area contributed by atoms with Gasteiger partial charge in [0.1, 0.15) is 17.4 Å². The summed E-state index contributed by atoms with van der Waals surface area (Å²) in [7, 11) is 0. The summed E-state index contributed by atoms with van der Waals surface area (Å²) in [5.74, 6) is 0.297. The maximum absolute atomic E-state index is 12.3. The van der Waals surface area contributed by atoms with E-state index in [0.717, 1.165) is 16.9 Å². The number of hydrogen-bond acceptors (Lipinski definition) is 3. The highest BCUT2D eigenvalue weighted by atomic mass is 16.5. The molecule has 0 aliphatic rings. The average molecular weight is 362 g/mol. The van der Waals surface area contributed by atoms with Gasteiger partial charge in [0.15, 0.2) is 0 Å². The van der Waals surface area contributed by atoms with Gasteiger partial charge in [0.25, 0.3) is 5.91 Å². The molecule has 2 aromatic carbocycles. The lowest BCUT2D eigenvalue weighted by atomic mass is 10.1. The molecule has 0 fully saturated rings. The number of amides is 1. The Labute approximate surface area is 161 Å². The number of benzene rings is 2. The molecule has 1 amide bonds. The average Bonchev–Trinajstić information content (AvgIpc) is 2.70. The Hall–Kier alpha value is -3.32. The minimum absolute atomic E-state index is 0.0542. The van der Waals surface area contributed by atoms with Crippen LogP contribution in [0, 0.1) is 11.3 Å². The Morgan fingerprint density at radius 3 is 2.30 bits per heavy atom. The first-order chi connectivity index (χ1) is 13.1. The molecule has 1 N–H and O–H groups in total. The van der Waals surface area contributed by atoms with Crippen LogP contribution in [0.3, 0.4) is 0 Å². The first-order valence-corrected chi connectivity index (χ1v) is 9.01. The third kappa shape index (κ3) is 7.62. The van der Waals surface area contributed by atoms with Crippen molar-refractivity contribution in [2.75, 3.05) is 11.9 Å². The Morgan fingerprint density at radius 2 is 1.74 bits per heavy atom. The third-order valence-electron chi connectivity index (χ3n) is 3.35. The standard InChI is InChI=1S/C21H20N2O2.C2H6/c1-3-25-20-11-9-19(10-12-20)23-21(24)18(15-22)14-16(2)13-17-7-5-4-6-8-17;1-2/h4-14H,3H2,1-2H3,(H,23,24);1-2H3/b16-13+,18-14+;. The first-order valence-electron chi connectivity index (χ1n) is 9.01. The molecule has 0 aromatic heterocycles. The Bertz CT molecular complexity index is 814. The molecular weight excluding hydrogens is 336 g/mol. The number of rotatable bonds is 6. The molecule has 4 heteroatoms. The number of nitriles is 1. The van der Waals surface area contributed by atoms with Crippen molar-refractivity contribution in [3.63, 3.8) is 0 Å². The molecule has 0 spiro atoms. The molecule has 0 saturated carbocycles. The summed E-state index contributed by atoms with van der Waals surface area (Å²) < 4.78 is 5.36. The van der Waals surface area contributed by atoms with Crippen LogP contribution in [0.1, 0.15) is 33.3 Å². The second kappa shape index (κ2) is 12.1. The van der Waals surface area contributed by atoms with E-state index in [1.807, 2.05) is 70.2 Å². The molecule has 0 aliphatic carbocycles. The fraction of sp³-hybridized carbons (Fsp3) is 0.217. The van der Waals surface area contributed by atoms with E-state index in [0.29, 0.717) is 12.3 Å². The molecule has 0 heterocycles. The van der Waals surface area contributed by atoms with Crippen LogP contribution < -0.4 is 10.1 Å². The SMILES string of the molecule is CC.CCOc1ccc(NC(=O)/C(C#N)=C/C(C)=C/c2ccccc2)cc1. The second-order valence-electron chi connectivity index (χ2n) is 5.38. The number of carbonyl (C=O) groups excluding carboxylic acids is 1. The number of nitrogens with one attached hydrogen (secondary N) is 1. The fourth-order valence-corrected chi connectivity index (χ4v) is 2.23. The lowest BCUT2D eigenvalue weighted by Crippen LogP contribution is -2.13. The van der Waals surface area contributed by atoms with Crippen LogP contribution in [0.2, 0.25) is 0 Å². The zero-order valence-electron chi connectivity index (χ0n) is 16.3. The molecule has 0 unspecified atom stereocenters. The van der Waals surface area contributed by atoms with Gasteiger partial charge in [-0.05, 0) is 55.3 Å². The lowest BCUT2D eigenvalue weighted by Gasteiger charge is -2.06. The molecule has 2 aromatic rings. The van der Waals surface area contributed by atoms with Gasteiger partial charge in [-0.3, -0.25) is 4.79 Å². The lowest BCUT2D eigenvalue weighted by molar-refractivity contribution is -0.112. The van der Waals surface area contributed by atoms with Gasteiger partial charge in [0.05, 0.1) is 6.61 Å². The van der Waals surface area contributed by atoms with E-state index in [1.165, 1.54) is 0 Å². The van der Waals surface area contributed by atoms with Crippen LogP contribution in [0.15, 0.2) is 71.8 Å². The van der Waals surface area contributed by atoms with Crippen LogP contribution in [0.25, 0.3) is 6.08 Å². The molecule has 0 saturated heterocycles. The van der Waals surface area contributed by atoms with Crippen molar-refractivity contribution in [3.8, 4) is 11.8 Å². The fourth-order valence-electron chi connectivity index (χ4n) is 2.23. The Morgan fingerprint density at radius 1 is 1.11 bits per heavy atom. The van der Waals surface area contributed by atoms with E-state index in [4.69, 9.17) is 4.74 Å². The quantitative estimate of drug-likeness (QED) is 0.413. The predicted octanol–water partition coefficient (Wildman–Crippen LogP) is 5.60. The van der Waals surface area contributed by atoms with Gasteiger partial charge in [-0.2, -0.15) is 5.26 Å². The van der Waals surface area contributed by atoms with E-state index in [2.05, 4.69) is 5.32 Å². The number of allylic oxidation sites excluding steroid dienone is 2. The monoisotopic (exact) mass is 362 g/mol. The summed E-state index contributed by atoms with van der Waals surface area (Å²) in [5, 5.41) is 12.0. The molecule has 0 bridgehead atoms. The van der Waals surface area contributed by atoms with E-state index in [-0.39, 0.29) is 5.57 Å². The third-order valence-corrected chi connectivity index (χ3v) is 3.35. The van der Waals surface area contributed by atoms with Crippen LogP contribution in [0.4, 0.5) is 5.69 Å². The van der Waals surface area contributed by atoms with Crippen LogP contribution in [0.5, 0.6) is 5.75 Å². The Kier molecular flexibility index (Phi) is 9.74. The topological polar surface area (TPSA) is 62.1 Å². The molecule has 27 heavy (non-hydrogen) atoms. The summed E-state index contributed by atoms with van der Waals surface area (Å²) in [6.45, 7) is 8.35. The van der Waals surface area contributed by atoms with Gasteiger partial charge in [-0.1, -0.05) is 50.3 Å². The minimum atomic E-state index is -0.438. The van der Waals surface area contributed by atoms with Gasteiger partial charge in [0.2, 0.25) is 0 Å². The minimum Gasteiger partial charge on any atom is -0.494 e. The zero-order chi connectivity index (χ0) is 20.1. The van der Waals surface area contributed by atoms with Crippen molar-refractivity contribution in [2.45, 2.75) is 27.7 Å². The highest BCUT2D eigenvalue weighted by Gasteiger charge is 2.09. The predicted molar refractivity (Wildman–Crippen MR) is 111 cm³/mol. The largest absolute Gasteiger partial charge is 0.494 e.